The Labute approximate surface area is 79.6 Å². The summed E-state index contributed by atoms with van der Waals surface area (Å²) in [5, 5.41) is 11.0. The van der Waals surface area contributed by atoms with Gasteiger partial charge in [-0.25, -0.2) is 0 Å². The molecule has 0 aromatic heterocycles. The molecule has 1 heterocycles. The van der Waals surface area contributed by atoms with E-state index in [1.807, 2.05) is 6.92 Å². The average molecular weight is 202 g/mol. The van der Waals surface area contributed by atoms with Gasteiger partial charge >= 0.3 is 5.97 Å². The highest BCUT2D eigenvalue weighted by atomic mass is 32.2. The molecule has 1 rings (SSSR count). The topological polar surface area (TPSA) is 78.8 Å². The van der Waals surface area contributed by atoms with Crippen LogP contribution in [-0.4, -0.2) is 33.9 Å². The predicted octanol–water partition coefficient (Wildman–Crippen LogP) is 0.0686. The van der Waals surface area contributed by atoms with Crippen LogP contribution in [-0.2, 0) is 9.59 Å². The van der Waals surface area contributed by atoms with E-state index in [2.05, 4.69) is 10.3 Å². The minimum atomic E-state index is -0.967. The van der Waals surface area contributed by atoms with Crippen molar-refractivity contribution in [3.63, 3.8) is 0 Å². The largest absolute Gasteiger partial charge is 0.481 e. The number of carboxylic acid groups (broad SMARTS) is 1. The van der Waals surface area contributed by atoms with Gasteiger partial charge < -0.3 is 10.4 Å². The summed E-state index contributed by atoms with van der Waals surface area (Å²) in [6.45, 7) is 2.44. The molecule has 5 nitrogen and oxygen atoms in total. The molecule has 0 aromatic rings. The van der Waals surface area contributed by atoms with Crippen molar-refractivity contribution in [2.24, 2.45) is 4.99 Å². The van der Waals surface area contributed by atoms with Crippen LogP contribution in [0.2, 0.25) is 0 Å². The molecule has 6 heteroatoms. The fourth-order valence-corrected chi connectivity index (χ4v) is 1.94. The van der Waals surface area contributed by atoms with E-state index in [4.69, 9.17) is 5.11 Å². The number of nitrogens with one attached hydrogen (secondary N) is 1. The lowest BCUT2D eigenvalue weighted by molar-refractivity contribution is -0.138. The molecule has 0 saturated carbocycles. The summed E-state index contributed by atoms with van der Waals surface area (Å²) in [6, 6.07) is 0. The molecule has 1 aliphatic heterocycles. The predicted molar refractivity (Wildman–Crippen MR) is 49.8 cm³/mol. The third kappa shape index (κ3) is 2.73. The number of nitrogens with zero attached hydrogens (tertiary/aromatic N) is 1. The Hall–Kier alpha value is -1.04. The zero-order chi connectivity index (χ0) is 9.84. The number of hydrogen-bond donors (Lipinski definition) is 2. The minimum absolute atomic E-state index is 0.154. The van der Waals surface area contributed by atoms with Gasteiger partial charge in [-0.3, -0.25) is 14.6 Å². The molecule has 2 N–H and O–H groups in total. The third-order valence-corrected chi connectivity index (χ3v) is 2.56. The van der Waals surface area contributed by atoms with Gasteiger partial charge in [-0.15, -0.1) is 0 Å². The second kappa shape index (κ2) is 4.27. The van der Waals surface area contributed by atoms with Crippen molar-refractivity contribution in [1.29, 1.82) is 0 Å². The van der Waals surface area contributed by atoms with Crippen LogP contribution in [0, 0.1) is 0 Å². The maximum Gasteiger partial charge on any atom is 0.305 e. The number of aliphatic carboxylic acids is 1. The van der Waals surface area contributed by atoms with Crippen molar-refractivity contribution < 1.29 is 14.7 Å². The minimum Gasteiger partial charge on any atom is -0.481 e. The van der Waals surface area contributed by atoms with Crippen molar-refractivity contribution in [3.05, 3.63) is 0 Å². The van der Waals surface area contributed by atoms with Gasteiger partial charge in [0.2, 0.25) is 5.91 Å². The van der Waals surface area contributed by atoms with Gasteiger partial charge in [-0.1, -0.05) is 11.8 Å². The van der Waals surface area contributed by atoms with E-state index in [9.17, 15) is 9.59 Å². The number of aliphatic imine (C=N–C) groups is 1. The zero-order valence-electron chi connectivity index (χ0n) is 7.11. The summed E-state index contributed by atoms with van der Waals surface area (Å²) in [5.74, 6) is -1.23. The normalized spacial score (nSPS) is 24.8. The first-order valence-electron chi connectivity index (χ1n) is 3.87. The molecule has 1 aliphatic rings. The van der Waals surface area contributed by atoms with Crippen LogP contribution in [0.1, 0.15) is 13.3 Å². The molecule has 1 unspecified atom stereocenters. The highest BCUT2D eigenvalue weighted by Crippen LogP contribution is 2.21. The van der Waals surface area contributed by atoms with Gasteiger partial charge in [-0.2, -0.15) is 0 Å². The van der Waals surface area contributed by atoms with Crippen LogP contribution in [0.4, 0.5) is 0 Å². The maximum absolute atomic E-state index is 11.1. The number of carboxylic acids is 1. The van der Waals surface area contributed by atoms with Gasteiger partial charge in [0.1, 0.15) is 5.25 Å². The van der Waals surface area contributed by atoms with Crippen LogP contribution in [0.5, 0.6) is 0 Å². The van der Waals surface area contributed by atoms with E-state index in [0.29, 0.717) is 11.7 Å². The van der Waals surface area contributed by atoms with Gasteiger partial charge in [0.25, 0.3) is 0 Å². The Morgan fingerprint density at radius 1 is 1.77 bits per heavy atom. The Morgan fingerprint density at radius 2 is 2.46 bits per heavy atom. The standard InChI is InChI=1S/C7H10N2O3S/c1-2-8-7-9-6(12)4(13-7)3-5(10)11/h4H,2-3H2,1H3,(H,10,11)(H,8,9,12). The number of carbonyl (C=O) groups is 2. The molecule has 13 heavy (non-hydrogen) atoms. The van der Waals surface area contributed by atoms with E-state index in [-0.39, 0.29) is 12.3 Å². The Bertz CT molecular complexity index is 264. The van der Waals surface area contributed by atoms with Crippen molar-refractivity contribution >= 4 is 28.8 Å². The van der Waals surface area contributed by atoms with Gasteiger partial charge in [0.05, 0.1) is 6.42 Å². The Balaban J connectivity index is 2.56. The summed E-state index contributed by atoms with van der Waals surface area (Å²) in [5.41, 5.74) is 0. The smallest absolute Gasteiger partial charge is 0.305 e. The summed E-state index contributed by atoms with van der Waals surface area (Å²) >= 11 is 1.18. The molecule has 0 aliphatic carbocycles. The number of thioether (sulfide) groups is 1. The van der Waals surface area contributed by atoms with E-state index < -0.39 is 11.2 Å². The lowest BCUT2D eigenvalue weighted by atomic mass is 10.3. The molecule has 0 bridgehead atoms. The van der Waals surface area contributed by atoms with E-state index in [1.54, 1.807) is 0 Å². The highest BCUT2D eigenvalue weighted by molar-refractivity contribution is 8.15. The van der Waals surface area contributed by atoms with Crippen LogP contribution in [0.15, 0.2) is 4.99 Å². The van der Waals surface area contributed by atoms with Crippen LogP contribution < -0.4 is 5.32 Å². The molecular weight excluding hydrogens is 192 g/mol. The molecule has 1 atom stereocenters. The van der Waals surface area contributed by atoms with Gasteiger partial charge in [0.15, 0.2) is 5.17 Å². The quantitative estimate of drug-likeness (QED) is 0.678. The second-order valence-corrected chi connectivity index (χ2v) is 3.66. The van der Waals surface area contributed by atoms with E-state index in [1.165, 1.54) is 11.8 Å². The third-order valence-electron chi connectivity index (χ3n) is 1.44. The van der Waals surface area contributed by atoms with E-state index in [0.717, 1.165) is 0 Å². The maximum atomic E-state index is 11.1. The van der Waals surface area contributed by atoms with Crippen molar-refractivity contribution in [3.8, 4) is 0 Å². The number of amidine groups is 1. The molecule has 1 fully saturated rings. The summed E-state index contributed by atoms with van der Waals surface area (Å²) in [4.78, 5) is 25.4. The number of carbonyl (C=O) groups excluding carboxylic acids is 1. The number of rotatable bonds is 3. The Morgan fingerprint density at radius 3 is 3.00 bits per heavy atom. The SMILES string of the molecule is CCN=C1NC(=O)C(CC(=O)O)S1. The fraction of sp³-hybridized carbons (Fsp3) is 0.571. The molecule has 1 amide bonds. The lowest BCUT2D eigenvalue weighted by Crippen LogP contribution is -2.26. The molecule has 72 valence electrons. The average Bonchev–Trinajstić information content (AvgIpc) is 2.31. The summed E-state index contributed by atoms with van der Waals surface area (Å²) in [7, 11) is 0. The van der Waals surface area contributed by atoms with Crippen molar-refractivity contribution in [1.82, 2.24) is 5.32 Å². The van der Waals surface area contributed by atoms with Crippen LogP contribution in [0.25, 0.3) is 0 Å². The summed E-state index contributed by atoms with van der Waals surface area (Å²) in [6.07, 6.45) is -0.154. The number of amides is 1. The molecule has 1 saturated heterocycles. The van der Waals surface area contributed by atoms with Crippen molar-refractivity contribution in [2.45, 2.75) is 18.6 Å². The van der Waals surface area contributed by atoms with Gasteiger partial charge in [0, 0.05) is 6.54 Å². The zero-order valence-corrected chi connectivity index (χ0v) is 7.93. The second-order valence-electron chi connectivity index (χ2n) is 2.47. The van der Waals surface area contributed by atoms with Gasteiger partial charge in [-0.05, 0) is 6.92 Å². The molecule has 0 radical (unpaired) electrons. The van der Waals surface area contributed by atoms with Crippen molar-refractivity contribution in [2.75, 3.05) is 6.54 Å². The first-order valence-corrected chi connectivity index (χ1v) is 4.75. The molecule has 0 spiro atoms. The monoisotopic (exact) mass is 202 g/mol. The highest BCUT2D eigenvalue weighted by Gasteiger charge is 2.31. The first-order chi connectivity index (χ1) is 6.13. The summed E-state index contributed by atoms with van der Waals surface area (Å²) < 4.78 is 0. The first kappa shape index (κ1) is 10.0. The van der Waals surface area contributed by atoms with E-state index >= 15 is 0 Å². The van der Waals surface area contributed by atoms with Crippen LogP contribution >= 0.6 is 11.8 Å². The van der Waals surface area contributed by atoms with Crippen LogP contribution in [0.3, 0.4) is 0 Å². The molecular formula is C7H10N2O3S. The lowest BCUT2D eigenvalue weighted by Gasteiger charge is -1.98. The molecule has 0 aromatic carbocycles. The Kier molecular flexibility index (Phi) is 3.30. The fourth-order valence-electron chi connectivity index (χ4n) is 0.917. The number of hydrogen-bond acceptors (Lipinski definition) is 4.